The van der Waals surface area contributed by atoms with Crippen molar-refractivity contribution in [1.29, 1.82) is 0 Å². The summed E-state index contributed by atoms with van der Waals surface area (Å²) in [5, 5.41) is 6.70. The number of aryl methyl sites for hydroxylation is 1. The van der Waals surface area contributed by atoms with E-state index < -0.39 is 0 Å². The lowest BCUT2D eigenvalue weighted by atomic mass is 10.1. The van der Waals surface area contributed by atoms with E-state index in [1.807, 2.05) is 36.0 Å². The fourth-order valence-electron chi connectivity index (χ4n) is 3.64. The maximum absolute atomic E-state index is 11.0. The van der Waals surface area contributed by atoms with Crippen LogP contribution in [0.5, 0.6) is 0 Å². The van der Waals surface area contributed by atoms with Crippen LogP contribution in [-0.2, 0) is 9.53 Å². The van der Waals surface area contributed by atoms with Gasteiger partial charge in [0.2, 0.25) is 18.1 Å². The lowest BCUT2D eigenvalue weighted by Gasteiger charge is -2.36. The molecule has 178 valence electrons. The van der Waals surface area contributed by atoms with Gasteiger partial charge in [-0.15, -0.1) is 0 Å². The Labute approximate surface area is 205 Å². The molecule has 2 heterocycles. The van der Waals surface area contributed by atoms with Crippen LogP contribution in [0.1, 0.15) is 24.5 Å². The molecule has 2 N–H and O–H groups in total. The molecule has 0 saturated heterocycles. The van der Waals surface area contributed by atoms with Crippen molar-refractivity contribution in [3.63, 3.8) is 0 Å². The third-order valence-electron chi connectivity index (χ3n) is 5.34. The molecule has 3 rings (SSSR count). The van der Waals surface area contributed by atoms with Gasteiger partial charge in [-0.3, -0.25) is 4.79 Å². The molecule has 0 aromatic heterocycles. The topological polar surface area (TPSA) is 72.2 Å². The molecular formula is C23H32ClN6O2S+. The lowest BCUT2D eigenvalue weighted by Crippen LogP contribution is -2.44. The van der Waals surface area contributed by atoms with Gasteiger partial charge in [-0.05, 0) is 41.9 Å². The van der Waals surface area contributed by atoms with Crippen LogP contribution < -0.4 is 15.5 Å². The van der Waals surface area contributed by atoms with Gasteiger partial charge in [0.05, 0.1) is 7.11 Å². The number of nitrogens with zero attached hydrogens (tertiary/aromatic N) is 4. The van der Waals surface area contributed by atoms with Gasteiger partial charge in [-0.2, -0.15) is 0 Å². The highest BCUT2D eigenvalue weighted by Crippen LogP contribution is 2.37. The number of carbonyl (C=O) groups excluding carboxylic acids is 1. The van der Waals surface area contributed by atoms with Crippen LogP contribution in [0.3, 0.4) is 0 Å². The first-order chi connectivity index (χ1) is 15.7. The molecule has 8 nitrogen and oxygen atoms in total. The Kier molecular flexibility index (Phi) is 8.31. The first kappa shape index (κ1) is 25.0. The van der Waals surface area contributed by atoms with Gasteiger partial charge in [0.25, 0.3) is 5.50 Å². The molecule has 33 heavy (non-hydrogen) atoms. The molecule has 10 heteroatoms. The maximum atomic E-state index is 11.0. The number of thioether (sulfide) groups is 1. The highest BCUT2D eigenvalue weighted by atomic mass is 35.5. The van der Waals surface area contributed by atoms with Crippen molar-refractivity contribution in [2.24, 2.45) is 4.99 Å². The normalized spacial score (nSPS) is 19.8. The first-order valence-corrected chi connectivity index (χ1v) is 12.0. The molecule has 1 amide bonds. The fourth-order valence-corrected chi connectivity index (χ4v) is 4.94. The summed E-state index contributed by atoms with van der Waals surface area (Å²) in [4.78, 5) is 20.9. The van der Waals surface area contributed by atoms with Crippen LogP contribution in [-0.4, -0.2) is 74.1 Å². The molecule has 0 saturated carbocycles. The summed E-state index contributed by atoms with van der Waals surface area (Å²) in [6.07, 6.45) is 4.43. The first-order valence-electron chi connectivity index (χ1n) is 10.7. The Morgan fingerprint density at radius 2 is 2.21 bits per heavy atom. The number of benzene rings is 1. The number of amides is 1. The maximum Gasteiger partial charge on any atom is 0.278 e. The van der Waals surface area contributed by atoms with Crippen molar-refractivity contribution in [1.82, 2.24) is 15.5 Å². The number of aliphatic imine (C=N–C) groups is 1. The quantitative estimate of drug-likeness (QED) is 0.331. The van der Waals surface area contributed by atoms with E-state index in [0.29, 0.717) is 17.5 Å². The average Bonchev–Trinajstić information content (AvgIpc) is 3.26. The van der Waals surface area contributed by atoms with E-state index in [2.05, 4.69) is 52.4 Å². The molecule has 0 bridgehead atoms. The summed E-state index contributed by atoms with van der Waals surface area (Å²) in [5.74, 6) is 0.417. The summed E-state index contributed by atoms with van der Waals surface area (Å²) in [5.41, 5.74) is 3.37. The zero-order valence-corrected chi connectivity index (χ0v) is 21.3. The second kappa shape index (κ2) is 11.0. The van der Waals surface area contributed by atoms with Crippen LogP contribution in [0.25, 0.3) is 4.91 Å². The van der Waals surface area contributed by atoms with E-state index in [1.54, 1.807) is 18.9 Å². The third-order valence-corrected chi connectivity index (χ3v) is 6.86. The number of ether oxygens (including phenoxy) is 1. The predicted molar refractivity (Wildman–Crippen MR) is 138 cm³/mol. The monoisotopic (exact) mass is 491 g/mol. The molecule has 0 radical (unpaired) electrons. The van der Waals surface area contributed by atoms with Crippen LogP contribution >= 0.6 is 23.4 Å². The highest BCUT2D eigenvalue weighted by molar-refractivity contribution is 8.08. The number of methoxy groups -OCH3 is 1. The van der Waals surface area contributed by atoms with Crippen LogP contribution in [0.2, 0.25) is 0 Å². The summed E-state index contributed by atoms with van der Waals surface area (Å²) in [7, 11) is 5.52. The Bertz CT molecular complexity index is 1010. The predicted octanol–water partition coefficient (Wildman–Crippen LogP) is 2.94. The molecule has 2 atom stereocenters. The number of nitrogens with one attached hydrogen (secondary N) is 2. The van der Waals surface area contributed by atoms with Crippen LogP contribution in [0.15, 0.2) is 40.6 Å². The van der Waals surface area contributed by atoms with E-state index in [-0.39, 0.29) is 17.7 Å². The van der Waals surface area contributed by atoms with Gasteiger partial charge >= 0.3 is 0 Å². The number of anilines is 1. The van der Waals surface area contributed by atoms with Crippen molar-refractivity contribution in [2.75, 3.05) is 39.2 Å². The smallest absolute Gasteiger partial charge is 0.278 e. The third kappa shape index (κ3) is 6.23. The van der Waals surface area contributed by atoms with Crippen LogP contribution in [0, 0.1) is 6.92 Å². The molecule has 0 fully saturated rings. The number of halogens is 1. The zero-order valence-electron chi connectivity index (χ0n) is 19.8. The van der Waals surface area contributed by atoms with Crippen molar-refractivity contribution in [3.05, 3.63) is 46.8 Å². The fraction of sp³-hybridized carbons (Fsp3) is 0.435. The van der Waals surface area contributed by atoms with E-state index in [1.165, 1.54) is 6.92 Å². The molecule has 2 aliphatic rings. The number of carbonyl (C=O) groups is 1. The SMILES string of the molecule is C=[N+](CCCNC(C)=O)C1NC=C(c2cc(C)cc(N(C)C3N=C(OC)C(Cl)=CN3C)c2)S1. The number of rotatable bonds is 8. The second-order valence-corrected chi connectivity index (χ2v) is 9.62. The minimum Gasteiger partial charge on any atom is -0.480 e. The standard InChI is InChI=1S/C23H31ClN6O2S/c1-15-10-17(20-13-26-23(33-20)28(3)9-7-8-25-16(2)31)12-18(11-15)30(5)22-27-21(32-6)19(24)14-29(22)4/h10-14,22-23,26H,3,7-9H2,1-2,4-6H3/p+1. The van der Waals surface area contributed by atoms with E-state index in [0.717, 1.165) is 34.7 Å². The van der Waals surface area contributed by atoms with Gasteiger partial charge in [0.1, 0.15) is 18.3 Å². The Morgan fingerprint density at radius 1 is 1.45 bits per heavy atom. The lowest BCUT2D eigenvalue weighted by molar-refractivity contribution is -0.537. The van der Waals surface area contributed by atoms with Crippen molar-refractivity contribution >= 4 is 52.5 Å². The van der Waals surface area contributed by atoms with Crippen LogP contribution in [0.4, 0.5) is 5.69 Å². The van der Waals surface area contributed by atoms with Gasteiger partial charge in [0, 0.05) is 57.0 Å². The van der Waals surface area contributed by atoms with E-state index in [4.69, 9.17) is 16.3 Å². The van der Waals surface area contributed by atoms with E-state index in [9.17, 15) is 4.79 Å². The summed E-state index contributed by atoms with van der Waals surface area (Å²) < 4.78 is 7.33. The molecule has 0 aliphatic carbocycles. The Balaban J connectivity index is 1.69. The number of hydrogen-bond acceptors (Lipinski definition) is 7. The molecule has 2 aliphatic heterocycles. The van der Waals surface area contributed by atoms with Crippen molar-refractivity contribution < 1.29 is 14.1 Å². The Morgan fingerprint density at radius 3 is 2.91 bits per heavy atom. The van der Waals surface area contributed by atoms with Gasteiger partial charge < -0.3 is 25.2 Å². The molecular weight excluding hydrogens is 460 g/mol. The minimum absolute atomic E-state index is 0.00849. The molecule has 1 aromatic rings. The molecule has 2 unspecified atom stereocenters. The van der Waals surface area contributed by atoms with Crippen molar-refractivity contribution in [2.45, 2.75) is 32.1 Å². The molecule has 1 aromatic carbocycles. The van der Waals surface area contributed by atoms with Gasteiger partial charge in [-0.1, -0.05) is 17.7 Å². The largest absolute Gasteiger partial charge is 0.480 e. The van der Waals surface area contributed by atoms with Gasteiger partial charge in [0.15, 0.2) is 0 Å². The van der Waals surface area contributed by atoms with E-state index >= 15 is 0 Å². The average molecular weight is 492 g/mol. The van der Waals surface area contributed by atoms with Gasteiger partial charge in [-0.25, -0.2) is 9.57 Å². The summed E-state index contributed by atoms with van der Waals surface area (Å²) in [6.45, 7) is 9.21. The minimum atomic E-state index is -0.271. The number of hydrogen-bond donors (Lipinski definition) is 2. The Hall–Kier alpha value is -2.65. The second-order valence-electron chi connectivity index (χ2n) is 8.09. The summed E-state index contributed by atoms with van der Waals surface area (Å²) in [6, 6.07) is 6.48. The van der Waals surface area contributed by atoms with Crippen molar-refractivity contribution in [3.8, 4) is 0 Å². The highest BCUT2D eigenvalue weighted by Gasteiger charge is 2.28. The molecule has 0 spiro atoms. The summed E-state index contributed by atoms with van der Waals surface area (Å²) >= 11 is 7.95. The zero-order chi connectivity index (χ0) is 24.1.